The molecule has 0 unspecified atom stereocenters. The molecule has 0 bridgehead atoms. The van der Waals surface area contributed by atoms with E-state index in [4.69, 9.17) is 0 Å². The molecule has 2 N–H and O–H groups in total. The number of urea groups is 1. The largest absolute Gasteiger partial charge is 0.358 e. The Morgan fingerprint density at radius 2 is 1.69 bits per heavy atom. The molecule has 0 saturated carbocycles. The lowest BCUT2D eigenvalue weighted by molar-refractivity contribution is 0.206. The van der Waals surface area contributed by atoms with Crippen LogP contribution < -0.4 is 5.32 Å². The van der Waals surface area contributed by atoms with Crippen molar-refractivity contribution in [3.8, 4) is 0 Å². The molecule has 1 aliphatic rings. The van der Waals surface area contributed by atoms with Gasteiger partial charge in [-0.1, -0.05) is 54.6 Å². The van der Waals surface area contributed by atoms with Gasteiger partial charge in [-0.05, 0) is 17.5 Å². The first kappa shape index (κ1) is 15.0. The average molecular weight is 341 g/mol. The minimum atomic E-state index is -0.0442. The van der Waals surface area contributed by atoms with Crippen LogP contribution in [-0.2, 0) is 13.0 Å². The second-order valence-corrected chi connectivity index (χ2v) is 6.76. The smallest absolute Gasteiger partial charge is 0.322 e. The number of aromatic amines is 1. The number of carbonyl (C=O) groups excluding carboxylic acids is 1. The third-order valence-electron chi connectivity index (χ3n) is 5.20. The van der Waals surface area contributed by atoms with E-state index in [1.54, 1.807) is 0 Å². The lowest BCUT2D eigenvalue weighted by Gasteiger charge is -2.27. The summed E-state index contributed by atoms with van der Waals surface area (Å²) >= 11 is 0. The number of amides is 2. The van der Waals surface area contributed by atoms with Gasteiger partial charge in [-0.25, -0.2) is 4.79 Å². The molecular weight excluding hydrogens is 322 g/mol. The molecule has 1 aliphatic heterocycles. The lowest BCUT2D eigenvalue weighted by atomic mass is 10.0. The monoisotopic (exact) mass is 341 g/mol. The second-order valence-electron chi connectivity index (χ2n) is 6.76. The maximum atomic E-state index is 12.9. The van der Waals surface area contributed by atoms with Gasteiger partial charge in [0.15, 0.2) is 0 Å². The standard InChI is InChI=1S/C22H19N3O/c26-22(24-19-11-5-7-15-6-1-2-8-16(15)19)25-13-12-21-18(14-25)17-9-3-4-10-20(17)23-21/h1-11,23H,12-14H2,(H,24,26). The summed E-state index contributed by atoms with van der Waals surface area (Å²) < 4.78 is 0. The number of carbonyl (C=O) groups is 1. The van der Waals surface area contributed by atoms with E-state index < -0.39 is 0 Å². The fourth-order valence-corrected chi connectivity index (χ4v) is 3.87. The van der Waals surface area contributed by atoms with Crippen LogP contribution in [0.15, 0.2) is 66.7 Å². The lowest BCUT2D eigenvalue weighted by Crippen LogP contribution is -2.38. The van der Waals surface area contributed by atoms with Crippen molar-refractivity contribution in [3.63, 3.8) is 0 Å². The molecule has 2 amide bonds. The minimum absolute atomic E-state index is 0.0442. The number of H-pyrrole nitrogens is 1. The third-order valence-corrected chi connectivity index (χ3v) is 5.20. The van der Waals surface area contributed by atoms with Crippen molar-refractivity contribution < 1.29 is 4.79 Å². The van der Waals surface area contributed by atoms with Crippen LogP contribution in [0.2, 0.25) is 0 Å². The van der Waals surface area contributed by atoms with E-state index >= 15 is 0 Å². The summed E-state index contributed by atoms with van der Waals surface area (Å²) in [5.74, 6) is 0. The molecule has 0 atom stereocenters. The molecular formula is C22H19N3O. The van der Waals surface area contributed by atoms with Crippen LogP contribution >= 0.6 is 0 Å². The van der Waals surface area contributed by atoms with Crippen molar-refractivity contribution in [1.82, 2.24) is 9.88 Å². The summed E-state index contributed by atoms with van der Waals surface area (Å²) in [6.07, 6.45) is 0.854. The summed E-state index contributed by atoms with van der Waals surface area (Å²) in [4.78, 5) is 18.3. The number of benzene rings is 3. The Morgan fingerprint density at radius 3 is 2.62 bits per heavy atom. The number of para-hydroxylation sites is 1. The number of nitrogens with zero attached hydrogens (tertiary/aromatic N) is 1. The van der Waals surface area contributed by atoms with Crippen molar-refractivity contribution in [1.29, 1.82) is 0 Å². The number of nitrogens with one attached hydrogen (secondary N) is 2. The second kappa shape index (κ2) is 5.92. The predicted octanol–water partition coefficient (Wildman–Crippen LogP) is 4.91. The highest BCUT2D eigenvalue weighted by Gasteiger charge is 2.24. The molecule has 26 heavy (non-hydrogen) atoms. The quantitative estimate of drug-likeness (QED) is 0.508. The van der Waals surface area contributed by atoms with Gasteiger partial charge in [0.05, 0.1) is 5.69 Å². The van der Waals surface area contributed by atoms with Gasteiger partial charge in [-0.2, -0.15) is 0 Å². The molecule has 4 heteroatoms. The van der Waals surface area contributed by atoms with Crippen LogP contribution in [-0.4, -0.2) is 22.5 Å². The van der Waals surface area contributed by atoms with Gasteiger partial charge >= 0.3 is 6.03 Å². The van der Waals surface area contributed by atoms with Gasteiger partial charge < -0.3 is 15.2 Å². The molecule has 128 valence electrons. The van der Waals surface area contributed by atoms with Gasteiger partial charge in [0, 0.05) is 47.1 Å². The Bertz CT molecular complexity index is 1120. The molecule has 0 fully saturated rings. The fourth-order valence-electron chi connectivity index (χ4n) is 3.87. The molecule has 5 rings (SSSR count). The molecule has 2 heterocycles. The molecule has 0 spiro atoms. The van der Waals surface area contributed by atoms with E-state index in [-0.39, 0.29) is 6.03 Å². The summed E-state index contributed by atoms with van der Waals surface area (Å²) in [6.45, 7) is 1.35. The van der Waals surface area contributed by atoms with Gasteiger partial charge in [0.2, 0.25) is 0 Å². The number of rotatable bonds is 1. The van der Waals surface area contributed by atoms with Gasteiger partial charge in [0.1, 0.15) is 0 Å². The maximum absolute atomic E-state index is 12.9. The van der Waals surface area contributed by atoms with E-state index in [0.29, 0.717) is 6.54 Å². The first-order chi connectivity index (χ1) is 12.8. The summed E-state index contributed by atoms with van der Waals surface area (Å²) in [6, 6.07) is 22.4. The highest BCUT2D eigenvalue weighted by atomic mass is 16.2. The van der Waals surface area contributed by atoms with E-state index in [1.807, 2.05) is 47.4 Å². The van der Waals surface area contributed by atoms with Crippen LogP contribution in [0.4, 0.5) is 10.5 Å². The first-order valence-corrected chi connectivity index (χ1v) is 8.92. The van der Waals surface area contributed by atoms with E-state index in [1.165, 1.54) is 16.6 Å². The Balaban J connectivity index is 1.43. The Kier molecular flexibility index (Phi) is 3.42. The molecule has 4 aromatic rings. The van der Waals surface area contributed by atoms with Gasteiger partial charge in [0.25, 0.3) is 0 Å². The zero-order valence-corrected chi connectivity index (χ0v) is 14.3. The molecule has 1 aromatic heterocycles. The van der Waals surface area contributed by atoms with E-state index in [0.717, 1.165) is 34.9 Å². The van der Waals surface area contributed by atoms with E-state index in [2.05, 4.69) is 34.6 Å². The molecule has 0 radical (unpaired) electrons. The van der Waals surface area contributed by atoms with Gasteiger partial charge in [-0.3, -0.25) is 0 Å². The van der Waals surface area contributed by atoms with Crippen LogP contribution in [0.1, 0.15) is 11.3 Å². The fraction of sp³-hybridized carbons (Fsp3) is 0.136. The normalized spacial score (nSPS) is 13.8. The maximum Gasteiger partial charge on any atom is 0.322 e. The zero-order chi connectivity index (χ0) is 17.5. The highest BCUT2D eigenvalue weighted by molar-refractivity contribution is 6.01. The molecule has 4 nitrogen and oxygen atoms in total. The van der Waals surface area contributed by atoms with Crippen molar-refractivity contribution in [3.05, 3.63) is 78.0 Å². The Morgan fingerprint density at radius 1 is 0.923 bits per heavy atom. The van der Waals surface area contributed by atoms with Crippen molar-refractivity contribution in [2.24, 2.45) is 0 Å². The van der Waals surface area contributed by atoms with Crippen LogP contribution in [0.5, 0.6) is 0 Å². The summed E-state index contributed by atoms with van der Waals surface area (Å²) in [7, 11) is 0. The van der Waals surface area contributed by atoms with Crippen LogP contribution in [0.25, 0.3) is 21.7 Å². The number of hydrogen-bond acceptors (Lipinski definition) is 1. The summed E-state index contributed by atoms with van der Waals surface area (Å²) in [5.41, 5.74) is 4.49. The topological polar surface area (TPSA) is 48.1 Å². The molecule has 0 saturated heterocycles. The third kappa shape index (κ3) is 2.42. The minimum Gasteiger partial charge on any atom is -0.358 e. The Hall–Kier alpha value is -3.27. The van der Waals surface area contributed by atoms with Gasteiger partial charge in [-0.15, -0.1) is 0 Å². The number of hydrogen-bond donors (Lipinski definition) is 2. The summed E-state index contributed by atoms with van der Waals surface area (Å²) in [5, 5.41) is 6.51. The zero-order valence-electron chi connectivity index (χ0n) is 14.3. The van der Waals surface area contributed by atoms with Crippen LogP contribution in [0.3, 0.4) is 0 Å². The molecule has 3 aromatic carbocycles. The number of anilines is 1. The SMILES string of the molecule is O=C(Nc1cccc2ccccc12)N1CCc2[nH]c3ccccc3c2C1. The van der Waals surface area contributed by atoms with Crippen molar-refractivity contribution in [2.75, 3.05) is 11.9 Å². The molecule has 0 aliphatic carbocycles. The number of aromatic nitrogens is 1. The number of fused-ring (bicyclic) bond motifs is 4. The van der Waals surface area contributed by atoms with Crippen molar-refractivity contribution in [2.45, 2.75) is 13.0 Å². The average Bonchev–Trinajstić information content (AvgIpc) is 3.06. The van der Waals surface area contributed by atoms with E-state index in [9.17, 15) is 4.79 Å². The predicted molar refractivity (Wildman–Crippen MR) is 105 cm³/mol. The highest BCUT2D eigenvalue weighted by Crippen LogP contribution is 2.28. The van der Waals surface area contributed by atoms with Crippen molar-refractivity contribution >= 4 is 33.4 Å². The Labute approximate surface area is 151 Å². The first-order valence-electron chi connectivity index (χ1n) is 8.92. The van der Waals surface area contributed by atoms with Crippen LogP contribution in [0, 0.1) is 0 Å².